The normalized spacial score (nSPS) is 18.1. The molecule has 1 fully saturated rings. The maximum atomic E-state index is 8.96. The molecular formula is C15H23ClN4O. The van der Waals surface area contributed by atoms with E-state index in [9.17, 15) is 0 Å². The van der Waals surface area contributed by atoms with Gasteiger partial charge in [0.15, 0.2) is 5.84 Å². The third-order valence-corrected chi connectivity index (χ3v) is 4.24. The maximum absolute atomic E-state index is 8.96. The molecule has 5 nitrogen and oxygen atoms in total. The fourth-order valence-corrected chi connectivity index (χ4v) is 2.96. The molecule has 0 aromatic heterocycles. The van der Waals surface area contributed by atoms with Gasteiger partial charge < -0.3 is 15.8 Å². The van der Waals surface area contributed by atoms with Gasteiger partial charge in [-0.15, -0.1) is 0 Å². The van der Waals surface area contributed by atoms with Crippen LogP contribution in [0.2, 0.25) is 5.02 Å². The molecule has 3 N–H and O–H groups in total. The molecule has 1 saturated heterocycles. The predicted molar refractivity (Wildman–Crippen MR) is 87.5 cm³/mol. The van der Waals surface area contributed by atoms with Crippen molar-refractivity contribution in [3.8, 4) is 0 Å². The predicted octanol–water partition coefficient (Wildman–Crippen LogP) is 2.36. The Morgan fingerprint density at radius 2 is 1.86 bits per heavy atom. The van der Waals surface area contributed by atoms with E-state index in [1.165, 1.54) is 0 Å². The molecule has 1 aromatic carbocycles. The highest BCUT2D eigenvalue weighted by molar-refractivity contribution is 6.34. The lowest BCUT2D eigenvalue weighted by atomic mass is 10.0. The van der Waals surface area contributed by atoms with Gasteiger partial charge in [-0.3, -0.25) is 4.90 Å². The molecule has 6 heteroatoms. The second-order valence-corrected chi connectivity index (χ2v) is 6.67. The van der Waals surface area contributed by atoms with Gasteiger partial charge in [-0.25, -0.2) is 0 Å². The zero-order valence-electron chi connectivity index (χ0n) is 12.8. The smallest absolute Gasteiger partial charge is 0.173 e. The number of halogens is 1. The van der Waals surface area contributed by atoms with Crippen molar-refractivity contribution in [2.24, 2.45) is 10.9 Å². The van der Waals surface area contributed by atoms with Crippen molar-refractivity contribution in [3.05, 3.63) is 28.8 Å². The van der Waals surface area contributed by atoms with Crippen LogP contribution in [0.25, 0.3) is 0 Å². The minimum absolute atomic E-state index is 0.0499. The molecule has 0 saturated carbocycles. The summed E-state index contributed by atoms with van der Waals surface area (Å²) in [6, 6.07) is 5.61. The Bertz CT molecular complexity index is 531. The maximum Gasteiger partial charge on any atom is 0.173 e. The second-order valence-electron chi connectivity index (χ2n) is 6.26. The van der Waals surface area contributed by atoms with E-state index in [-0.39, 0.29) is 11.4 Å². The van der Waals surface area contributed by atoms with Crippen molar-refractivity contribution in [1.82, 2.24) is 4.90 Å². The average molecular weight is 311 g/mol. The first-order valence-electron chi connectivity index (χ1n) is 7.11. The van der Waals surface area contributed by atoms with Gasteiger partial charge in [-0.2, -0.15) is 0 Å². The van der Waals surface area contributed by atoms with Gasteiger partial charge in [0, 0.05) is 37.4 Å². The summed E-state index contributed by atoms with van der Waals surface area (Å²) < 4.78 is 0. The van der Waals surface area contributed by atoms with E-state index in [0.717, 1.165) is 31.9 Å². The Kier molecular flexibility index (Phi) is 4.64. The van der Waals surface area contributed by atoms with Crippen LogP contribution >= 0.6 is 11.6 Å². The van der Waals surface area contributed by atoms with Crippen LogP contribution in [-0.2, 0) is 0 Å². The summed E-state index contributed by atoms with van der Waals surface area (Å²) in [5, 5.41) is 12.6. The van der Waals surface area contributed by atoms with E-state index < -0.39 is 0 Å². The van der Waals surface area contributed by atoms with Crippen molar-refractivity contribution < 1.29 is 5.21 Å². The quantitative estimate of drug-likeness (QED) is 0.381. The molecule has 0 radical (unpaired) electrons. The number of amidine groups is 1. The van der Waals surface area contributed by atoms with E-state index in [1.54, 1.807) is 6.07 Å². The molecule has 0 amide bonds. The summed E-state index contributed by atoms with van der Waals surface area (Å²) >= 11 is 6.21. The van der Waals surface area contributed by atoms with Crippen LogP contribution in [0, 0.1) is 0 Å². The summed E-state index contributed by atoms with van der Waals surface area (Å²) in [6.45, 7) is 10.4. The van der Waals surface area contributed by atoms with Crippen molar-refractivity contribution in [3.63, 3.8) is 0 Å². The number of hydrogen-bond donors (Lipinski definition) is 2. The zero-order chi connectivity index (χ0) is 15.6. The number of piperazine rings is 1. The van der Waals surface area contributed by atoms with Gasteiger partial charge in [-0.1, -0.05) is 22.8 Å². The SMILES string of the molecule is CC(C)(C)N1CCN(c2cccc(Cl)c2C(N)=NO)CC1. The second kappa shape index (κ2) is 6.12. The fourth-order valence-electron chi connectivity index (χ4n) is 2.70. The van der Waals surface area contributed by atoms with Crippen molar-refractivity contribution >= 4 is 23.1 Å². The lowest BCUT2D eigenvalue weighted by molar-refractivity contribution is 0.128. The van der Waals surface area contributed by atoms with E-state index in [2.05, 4.69) is 35.7 Å². The molecule has 1 heterocycles. The molecule has 1 aliphatic rings. The van der Waals surface area contributed by atoms with Gasteiger partial charge in [0.25, 0.3) is 0 Å². The number of nitrogens with zero attached hydrogens (tertiary/aromatic N) is 3. The standard InChI is InChI=1S/C15H23ClN4O/c1-15(2,3)20-9-7-19(8-10-20)12-6-4-5-11(16)13(12)14(17)18-21/h4-6,21H,7-10H2,1-3H3,(H2,17,18). The molecule has 21 heavy (non-hydrogen) atoms. The van der Waals surface area contributed by atoms with Gasteiger partial charge in [0.2, 0.25) is 0 Å². The van der Waals surface area contributed by atoms with Crippen LogP contribution in [0.4, 0.5) is 5.69 Å². The zero-order valence-corrected chi connectivity index (χ0v) is 13.6. The first kappa shape index (κ1) is 15.9. The van der Waals surface area contributed by atoms with E-state index in [1.807, 2.05) is 12.1 Å². The summed E-state index contributed by atoms with van der Waals surface area (Å²) in [5.74, 6) is 0.0499. The monoisotopic (exact) mass is 310 g/mol. The molecule has 0 spiro atoms. The number of nitrogens with two attached hydrogens (primary N) is 1. The van der Waals surface area contributed by atoms with Crippen molar-refractivity contribution in [2.75, 3.05) is 31.1 Å². The van der Waals surface area contributed by atoms with Crippen LogP contribution < -0.4 is 10.6 Å². The third-order valence-electron chi connectivity index (χ3n) is 3.92. The number of rotatable bonds is 2. The summed E-state index contributed by atoms with van der Waals surface area (Å²) in [5.41, 5.74) is 7.48. The Labute approximate surface area is 131 Å². The molecule has 1 aromatic rings. The van der Waals surface area contributed by atoms with Gasteiger partial charge in [0.05, 0.1) is 10.6 Å². The van der Waals surface area contributed by atoms with Gasteiger partial charge in [-0.05, 0) is 32.9 Å². The lowest BCUT2D eigenvalue weighted by Crippen LogP contribution is -2.53. The van der Waals surface area contributed by atoms with Gasteiger partial charge in [0.1, 0.15) is 0 Å². The molecule has 116 valence electrons. The van der Waals surface area contributed by atoms with Crippen LogP contribution in [0.1, 0.15) is 26.3 Å². The minimum atomic E-state index is 0.0499. The highest BCUT2D eigenvalue weighted by Crippen LogP contribution is 2.29. The van der Waals surface area contributed by atoms with Crippen molar-refractivity contribution in [2.45, 2.75) is 26.3 Å². The van der Waals surface area contributed by atoms with Crippen LogP contribution in [0.3, 0.4) is 0 Å². The number of oxime groups is 1. The summed E-state index contributed by atoms with van der Waals surface area (Å²) in [7, 11) is 0. The summed E-state index contributed by atoms with van der Waals surface area (Å²) in [6.07, 6.45) is 0. The molecule has 0 bridgehead atoms. The Balaban J connectivity index is 2.23. The molecule has 2 rings (SSSR count). The Hall–Kier alpha value is -1.46. The first-order valence-corrected chi connectivity index (χ1v) is 7.49. The van der Waals surface area contributed by atoms with E-state index in [4.69, 9.17) is 22.5 Å². The largest absolute Gasteiger partial charge is 0.409 e. The number of hydrogen-bond acceptors (Lipinski definition) is 4. The highest BCUT2D eigenvalue weighted by atomic mass is 35.5. The lowest BCUT2D eigenvalue weighted by Gasteiger charge is -2.43. The molecular weight excluding hydrogens is 288 g/mol. The first-order chi connectivity index (χ1) is 9.84. The number of anilines is 1. The molecule has 0 atom stereocenters. The van der Waals surface area contributed by atoms with Crippen molar-refractivity contribution in [1.29, 1.82) is 0 Å². The van der Waals surface area contributed by atoms with Crippen LogP contribution in [0.15, 0.2) is 23.4 Å². The topological polar surface area (TPSA) is 65.1 Å². The average Bonchev–Trinajstić information content (AvgIpc) is 2.45. The molecule has 0 aliphatic carbocycles. The van der Waals surface area contributed by atoms with E-state index >= 15 is 0 Å². The van der Waals surface area contributed by atoms with E-state index in [0.29, 0.717) is 10.6 Å². The summed E-state index contributed by atoms with van der Waals surface area (Å²) in [4.78, 5) is 4.69. The van der Waals surface area contributed by atoms with Gasteiger partial charge >= 0.3 is 0 Å². The molecule has 1 aliphatic heterocycles. The fraction of sp³-hybridized carbons (Fsp3) is 0.533. The van der Waals surface area contributed by atoms with Crippen LogP contribution in [-0.4, -0.2) is 47.7 Å². The minimum Gasteiger partial charge on any atom is -0.409 e. The third kappa shape index (κ3) is 3.41. The Morgan fingerprint density at radius 1 is 1.24 bits per heavy atom. The number of benzene rings is 1. The molecule has 0 unspecified atom stereocenters. The highest BCUT2D eigenvalue weighted by Gasteiger charge is 2.27. The Morgan fingerprint density at radius 3 is 2.38 bits per heavy atom. The van der Waals surface area contributed by atoms with Crippen LogP contribution in [0.5, 0.6) is 0 Å².